The molecule has 0 aliphatic heterocycles. The van der Waals surface area contributed by atoms with Crippen LogP contribution in [-0.4, -0.2) is 20.1 Å². The minimum Gasteiger partial charge on any atom is -0.378 e. The van der Waals surface area contributed by atoms with Gasteiger partial charge >= 0.3 is 0 Å². The van der Waals surface area contributed by atoms with Crippen LogP contribution in [0.5, 0.6) is 0 Å². The molecule has 1 atom stereocenters. The second-order valence-corrected chi connectivity index (χ2v) is 4.59. The minimum absolute atomic E-state index is 0.231. The molecule has 1 unspecified atom stereocenters. The van der Waals surface area contributed by atoms with E-state index in [1.165, 1.54) is 5.56 Å². The van der Waals surface area contributed by atoms with Crippen molar-refractivity contribution in [3.05, 3.63) is 28.8 Å². The number of nitrogens with zero attached hydrogens (tertiary/aromatic N) is 1. The number of rotatable bonds is 4. The summed E-state index contributed by atoms with van der Waals surface area (Å²) in [4.78, 5) is 2.04. The van der Waals surface area contributed by atoms with Crippen molar-refractivity contribution in [1.29, 1.82) is 0 Å². The molecule has 0 bridgehead atoms. The van der Waals surface area contributed by atoms with Crippen LogP contribution in [0.15, 0.2) is 18.2 Å². The Morgan fingerprint density at radius 3 is 2.53 bits per heavy atom. The van der Waals surface area contributed by atoms with Crippen LogP contribution < -0.4 is 10.6 Å². The molecule has 3 heteroatoms. The average molecular weight is 227 g/mol. The Balaban J connectivity index is 2.75. The molecule has 15 heavy (non-hydrogen) atoms. The third kappa shape index (κ3) is 3.73. The molecular formula is C12H19ClN2. The number of halogens is 1. The lowest BCUT2D eigenvalue weighted by Crippen LogP contribution is -2.15. The second kappa shape index (κ2) is 5.38. The van der Waals surface area contributed by atoms with Crippen LogP contribution >= 0.6 is 11.6 Å². The summed E-state index contributed by atoms with van der Waals surface area (Å²) < 4.78 is 0. The van der Waals surface area contributed by atoms with Crippen LogP contribution in [0.4, 0.5) is 5.69 Å². The van der Waals surface area contributed by atoms with E-state index in [-0.39, 0.29) is 6.04 Å². The highest BCUT2D eigenvalue weighted by Gasteiger charge is 2.04. The second-order valence-electron chi connectivity index (χ2n) is 4.19. The van der Waals surface area contributed by atoms with Crippen LogP contribution in [0.1, 0.15) is 18.9 Å². The lowest BCUT2D eigenvalue weighted by Gasteiger charge is -2.14. The number of aryl methyl sites for hydroxylation is 1. The first-order chi connectivity index (χ1) is 7.00. The third-order valence-corrected chi connectivity index (χ3v) is 2.77. The van der Waals surface area contributed by atoms with E-state index in [4.69, 9.17) is 17.3 Å². The molecule has 2 N–H and O–H groups in total. The summed E-state index contributed by atoms with van der Waals surface area (Å²) >= 11 is 6.19. The molecule has 84 valence electrons. The zero-order valence-electron chi connectivity index (χ0n) is 9.63. The maximum absolute atomic E-state index is 6.19. The number of hydrogen-bond acceptors (Lipinski definition) is 2. The predicted octanol–water partition coefficient (Wildman–Crippen LogP) is 2.69. The average Bonchev–Trinajstić information content (AvgIpc) is 2.15. The molecule has 1 aromatic rings. The summed E-state index contributed by atoms with van der Waals surface area (Å²) in [6, 6.07) is 6.40. The first kappa shape index (κ1) is 12.3. The molecule has 0 fully saturated rings. The minimum atomic E-state index is 0.231. The monoisotopic (exact) mass is 226 g/mol. The van der Waals surface area contributed by atoms with Gasteiger partial charge in [0.25, 0.3) is 0 Å². The Morgan fingerprint density at radius 2 is 2.07 bits per heavy atom. The van der Waals surface area contributed by atoms with Gasteiger partial charge in [-0.15, -0.1) is 0 Å². The lowest BCUT2D eigenvalue weighted by atomic mass is 10.1. The van der Waals surface area contributed by atoms with Crippen molar-refractivity contribution in [1.82, 2.24) is 0 Å². The fraction of sp³-hybridized carbons (Fsp3) is 0.500. The van der Waals surface area contributed by atoms with E-state index in [0.29, 0.717) is 0 Å². The van der Waals surface area contributed by atoms with Crippen LogP contribution in [0, 0.1) is 0 Å². The first-order valence-corrected chi connectivity index (χ1v) is 5.60. The molecule has 2 nitrogen and oxygen atoms in total. The molecule has 0 radical (unpaired) electrons. The van der Waals surface area contributed by atoms with Gasteiger partial charge in [0.1, 0.15) is 0 Å². The lowest BCUT2D eigenvalue weighted by molar-refractivity contribution is 0.666. The van der Waals surface area contributed by atoms with Crippen LogP contribution in [0.2, 0.25) is 5.02 Å². The smallest absolute Gasteiger partial charge is 0.0458 e. The Kier molecular flexibility index (Phi) is 4.43. The summed E-state index contributed by atoms with van der Waals surface area (Å²) in [5, 5.41) is 0.835. The van der Waals surface area contributed by atoms with Gasteiger partial charge in [0, 0.05) is 30.8 Å². The maximum Gasteiger partial charge on any atom is 0.0458 e. The zero-order valence-corrected chi connectivity index (χ0v) is 10.4. The third-order valence-electron chi connectivity index (χ3n) is 2.42. The van der Waals surface area contributed by atoms with E-state index < -0.39 is 0 Å². The molecule has 1 rings (SSSR count). The van der Waals surface area contributed by atoms with Gasteiger partial charge in [0.2, 0.25) is 0 Å². The first-order valence-electron chi connectivity index (χ1n) is 5.22. The number of anilines is 1. The predicted molar refractivity (Wildman–Crippen MR) is 67.7 cm³/mol. The fourth-order valence-corrected chi connectivity index (χ4v) is 1.67. The van der Waals surface area contributed by atoms with Crippen LogP contribution in [0.3, 0.4) is 0 Å². The number of hydrogen-bond donors (Lipinski definition) is 1. The Bertz CT molecular complexity index is 321. The molecule has 0 aromatic heterocycles. The SMILES string of the molecule is CC(N)CCc1ccc(N(C)C)cc1Cl. The van der Waals surface area contributed by atoms with E-state index in [1.807, 2.05) is 32.0 Å². The Labute approximate surface area is 97.0 Å². The highest BCUT2D eigenvalue weighted by molar-refractivity contribution is 6.31. The zero-order chi connectivity index (χ0) is 11.4. The molecule has 0 aliphatic carbocycles. The quantitative estimate of drug-likeness (QED) is 0.856. The van der Waals surface area contributed by atoms with E-state index >= 15 is 0 Å². The van der Waals surface area contributed by atoms with Crippen molar-refractivity contribution in [2.24, 2.45) is 5.73 Å². The highest BCUT2D eigenvalue weighted by Crippen LogP contribution is 2.23. The van der Waals surface area contributed by atoms with E-state index in [1.54, 1.807) is 0 Å². The molecule has 0 aliphatic rings. The van der Waals surface area contributed by atoms with Crippen molar-refractivity contribution in [3.8, 4) is 0 Å². The summed E-state index contributed by atoms with van der Waals surface area (Å²) in [6.45, 7) is 2.02. The maximum atomic E-state index is 6.19. The standard InChI is InChI=1S/C12H19ClN2/c1-9(14)4-5-10-6-7-11(15(2)3)8-12(10)13/h6-9H,4-5,14H2,1-3H3. The largest absolute Gasteiger partial charge is 0.378 e. The molecule has 0 amide bonds. The fourth-order valence-electron chi connectivity index (χ4n) is 1.40. The van der Waals surface area contributed by atoms with E-state index in [9.17, 15) is 0 Å². The highest BCUT2D eigenvalue weighted by atomic mass is 35.5. The summed E-state index contributed by atoms with van der Waals surface area (Å²) in [7, 11) is 4.01. The van der Waals surface area contributed by atoms with Crippen LogP contribution in [-0.2, 0) is 6.42 Å². The van der Waals surface area contributed by atoms with Crippen LogP contribution in [0.25, 0.3) is 0 Å². The molecule has 1 aromatic carbocycles. The van der Waals surface area contributed by atoms with Gasteiger partial charge in [-0.05, 0) is 37.5 Å². The number of benzene rings is 1. The van der Waals surface area contributed by atoms with Gasteiger partial charge < -0.3 is 10.6 Å². The van der Waals surface area contributed by atoms with Gasteiger partial charge in [-0.2, -0.15) is 0 Å². The van der Waals surface area contributed by atoms with Gasteiger partial charge in [0.15, 0.2) is 0 Å². The molecule has 0 heterocycles. The van der Waals surface area contributed by atoms with Crippen molar-refractivity contribution in [2.75, 3.05) is 19.0 Å². The van der Waals surface area contributed by atoms with Crippen molar-refractivity contribution < 1.29 is 0 Å². The van der Waals surface area contributed by atoms with Crippen molar-refractivity contribution >= 4 is 17.3 Å². The van der Waals surface area contributed by atoms with Gasteiger partial charge in [-0.1, -0.05) is 17.7 Å². The summed E-state index contributed by atoms with van der Waals surface area (Å²) in [6.07, 6.45) is 1.92. The van der Waals surface area contributed by atoms with E-state index in [0.717, 1.165) is 23.6 Å². The van der Waals surface area contributed by atoms with E-state index in [2.05, 4.69) is 12.1 Å². The topological polar surface area (TPSA) is 29.3 Å². The molecular weight excluding hydrogens is 208 g/mol. The molecule has 0 saturated heterocycles. The van der Waals surface area contributed by atoms with Gasteiger partial charge in [0.05, 0.1) is 0 Å². The molecule has 0 saturated carbocycles. The van der Waals surface area contributed by atoms with Crippen molar-refractivity contribution in [2.45, 2.75) is 25.8 Å². The molecule has 0 spiro atoms. The summed E-state index contributed by atoms with van der Waals surface area (Å²) in [5.41, 5.74) is 8.03. The van der Waals surface area contributed by atoms with Gasteiger partial charge in [-0.25, -0.2) is 0 Å². The Morgan fingerprint density at radius 1 is 1.40 bits per heavy atom. The van der Waals surface area contributed by atoms with Crippen molar-refractivity contribution in [3.63, 3.8) is 0 Å². The normalized spacial score (nSPS) is 12.6. The Hall–Kier alpha value is -0.730. The summed E-state index contributed by atoms with van der Waals surface area (Å²) in [5.74, 6) is 0. The van der Waals surface area contributed by atoms with Gasteiger partial charge in [-0.3, -0.25) is 0 Å². The number of nitrogens with two attached hydrogens (primary N) is 1.